The zero-order chi connectivity index (χ0) is 16.2. The number of hydrogen-bond donors (Lipinski definition) is 1. The number of nitrogens with zero attached hydrogens (tertiary/aromatic N) is 2. The lowest BCUT2D eigenvalue weighted by atomic mass is 10.0. The fourth-order valence-electron chi connectivity index (χ4n) is 2.83. The Morgan fingerprint density at radius 2 is 2.21 bits per heavy atom. The van der Waals surface area contributed by atoms with Crippen molar-refractivity contribution in [3.63, 3.8) is 0 Å². The first-order chi connectivity index (χ1) is 11.2. The van der Waals surface area contributed by atoms with E-state index in [1.54, 1.807) is 23.4 Å². The van der Waals surface area contributed by atoms with Crippen molar-refractivity contribution in [2.45, 2.75) is 12.5 Å². The summed E-state index contributed by atoms with van der Waals surface area (Å²) in [7, 11) is 0. The van der Waals surface area contributed by atoms with E-state index in [4.69, 9.17) is 11.6 Å². The zero-order valence-electron chi connectivity index (χ0n) is 12.9. The van der Waals surface area contributed by atoms with Crippen LogP contribution in [0.25, 0.3) is 0 Å². The standard InChI is InChI=1S/C17H17ClFN3O.ClH/c18-14-4-1-5-15(19)13(14)9-17(23)22-8-7-21-11-16(22)12-3-2-6-20-10-12;/h1-6,10,16,21H,7-9,11H2;1H. The quantitative estimate of drug-likeness (QED) is 0.904. The van der Waals surface area contributed by atoms with E-state index >= 15 is 0 Å². The molecule has 1 N–H and O–H groups in total. The number of halogens is 3. The monoisotopic (exact) mass is 369 g/mol. The number of aromatic nitrogens is 1. The van der Waals surface area contributed by atoms with E-state index in [1.165, 1.54) is 12.1 Å². The van der Waals surface area contributed by atoms with Gasteiger partial charge in [0.25, 0.3) is 0 Å². The van der Waals surface area contributed by atoms with Crippen LogP contribution in [0.15, 0.2) is 42.7 Å². The number of carbonyl (C=O) groups excluding carboxylic acids is 1. The highest BCUT2D eigenvalue weighted by atomic mass is 35.5. The molecule has 1 aromatic carbocycles. The molecule has 1 aliphatic rings. The molecule has 24 heavy (non-hydrogen) atoms. The lowest BCUT2D eigenvalue weighted by Crippen LogP contribution is -2.49. The van der Waals surface area contributed by atoms with E-state index in [-0.39, 0.29) is 41.4 Å². The average Bonchev–Trinajstić information content (AvgIpc) is 2.59. The summed E-state index contributed by atoms with van der Waals surface area (Å²) < 4.78 is 13.9. The average molecular weight is 370 g/mol. The molecule has 1 unspecified atom stereocenters. The Hall–Kier alpha value is -1.69. The molecule has 1 amide bonds. The second-order valence-corrected chi connectivity index (χ2v) is 5.88. The summed E-state index contributed by atoms with van der Waals surface area (Å²) in [5.41, 5.74) is 1.22. The fraction of sp³-hybridized carbons (Fsp3) is 0.294. The summed E-state index contributed by atoms with van der Waals surface area (Å²) in [6.07, 6.45) is 3.42. The van der Waals surface area contributed by atoms with Crippen molar-refractivity contribution >= 4 is 29.9 Å². The lowest BCUT2D eigenvalue weighted by Gasteiger charge is -2.36. The maximum Gasteiger partial charge on any atom is 0.227 e. The molecule has 0 aliphatic carbocycles. The number of pyridine rings is 1. The van der Waals surface area contributed by atoms with Gasteiger partial charge in [-0.15, -0.1) is 12.4 Å². The SMILES string of the molecule is Cl.O=C(Cc1c(F)cccc1Cl)N1CCNCC1c1cccnc1. The van der Waals surface area contributed by atoms with Crippen molar-refractivity contribution in [3.8, 4) is 0 Å². The third kappa shape index (κ3) is 4.04. The van der Waals surface area contributed by atoms with Crippen LogP contribution in [0.1, 0.15) is 17.2 Å². The Kier molecular flexibility index (Phi) is 6.54. The van der Waals surface area contributed by atoms with E-state index in [1.807, 2.05) is 12.1 Å². The maximum absolute atomic E-state index is 13.9. The van der Waals surface area contributed by atoms with E-state index < -0.39 is 5.82 Å². The van der Waals surface area contributed by atoms with Gasteiger partial charge in [0.15, 0.2) is 0 Å². The van der Waals surface area contributed by atoms with Crippen LogP contribution in [0.4, 0.5) is 4.39 Å². The topological polar surface area (TPSA) is 45.2 Å². The highest BCUT2D eigenvalue weighted by Gasteiger charge is 2.28. The van der Waals surface area contributed by atoms with Gasteiger partial charge in [0, 0.05) is 42.6 Å². The van der Waals surface area contributed by atoms with Gasteiger partial charge in [-0.25, -0.2) is 4.39 Å². The van der Waals surface area contributed by atoms with Gasteiger partial charge in [0.05, 0.1) is 12.5 Å². The summed E-state index contributed by atoms with van der Waals surface area (Å²) in [4.78, 5) is 18.6. The van der Waals surface area contributed by atoms with Crippen LogP contribution in [-0.2, 0) is 11.2 Å². The van der Waals surface area contributed by atoms with Crippen molar-refractivity contribution in [3.05, 3.63) is 64.7 Å². The number of piperazine rings is 1. The number of benzene rings is 1. The summed E-state index contributed by atoms with van der Waals surface area (Å²) in [6, 6.07) is 8.15. The second-order valence-electron chi connectivity index (χ2n) is 5.47. The smallest absolute Gasteiger partial charge is 0.227 e. The van der Waals surface area contributed by atoms with Gasteiger partial charge in [-0.05, 0) is 23.8 Å². The minimum Gasteiger partial charge on any atom is -0.333 e. The Balaban J connectivity index is 0.00000208. The molecule has 1 aliphatic heterocycles. The first-order valence-corrected chi connectivity index (χ1v) is 7.87. The van der Waals surface area contributed by atoms with Crippen LogP contribution < -0.4 is 5.32 Å². The van der Waals surface area contributed by atoms with Gasteiger partial charge in [0.1, 0.15) is 5.82 Å². The minimum atomic E-state index is -0.445. The van der Waals surface area contributed by atoms with Crippen LogP contribution in [0.3, 0.4) is 0 Å². The first-order valence-electron chi connectivity index (χ1n) is 7.50. The number of rotatable bonds is 3. The van der Waals surface area contributed by atoms with E-state index in [0.29, 0.717) is 19.6 Å². The summed E-state index contributed by atoms with van der Waals surface area (Å²) in [6.45, 7) is 1.94. The van der Waals surface area contributed by atoms with Crippen molar-refractivity contribution in [1.29, 1.82) is 0 Å². The van der Waals surface area contributed by atoms with E-state index in [2.05, 4.69) is 10.3 Å². The molecule has 7 heteroatoms. The predicted octanol–water partition coefficient (Wildman–Crippen LogP) is 3.01. The molecule has 1 saturated heterocycles. The Morgan fingerprint density at radius 1 is 1.38 bits per heavy atom. The molecule has 4 nitrogen and oxygen atoms in total. The van der Waals surface area contributed by atoms with Gasteiger partial charge in [-0.3, -0.25) is 9.78 Å². The molecular formula is C17H18Cl2FN3O. The Morgan fingerprint density at radius 3 is 2.92 bits per heavy atom. The van der Waals surface area contributed by atoms with Crippen LogP contribution in [0.5, 0.6) is 0 Å². The largest absolute Gasteiger partial charge is 0.333 e. The minimum absolute atomic E-state index is 0. The van der Waals surface area contributed by atoms with Crippen LogP contribution in [0.2, 0.25) is 5.02 Å². The highest BCUT2D eigenvalue weighted by Crippen LogP contribution is 2.25. The van der Waals surface area contributed by atoms with E-state index in [9.17, 15) is 9.18 Å². The lowest BCUT2D eigenvalue weighted by molar-refractivity contribution is -0.133. The summed E-state index contributed by atoms with van der Waals surface area (Å²) >= 11 is 6.03. The number of carbonyl (C=O) groups is 1. The molecule has 1 fully saturated rings. The van der Waals surface area contributed by atoms with Crippen molar-refractivity contribution in [1.82, 2.24) is 15.2 Å². The third-order valence-electron chi connectivity index (χ3n) is 4.02. The van der Waals surface area contributed by atoms with Crippen LogP contribution in [0, 0.1) is 5.82 Å². The molecule has 128 valence electrons. The van der Waals surface area contributed by atoms with Crippen LogP contribution in [-0.4, -0.2) is 35.4 Å². The van der Waals surface area contributed by atoms with Gasteiger partial charge >= 0.3 is 0 Å². The third-order valence-corrected chi connectivity index (χ3v) is 4.38. The highest BCUT2D eigenvalue weighted by molar-refractivity contribution is 6.31. The van der Waals surface area contributed by atoms with E-state index in [0.717, 1.165) is 5.56 Å². The predicted molar refractivity (Wildman–Crippen MR) is 93.9 cm³/mol. The maximum atomic E-state index is 13.9. The molecular weight excluding hydrogens is 352 g/mol. The zero-order valence-corrected chi connectivity index (χ0v) is 14.5. The van der Waals surface area contributed by atoms with Crippen molar-refractivity contribution < 1.29 is 9.18 Å². The fourth-order valence-corrected chi connectivity index (χ4v) is 3.06. The molecule has 0 radical (unpaired) electrons. The second kappa shape index (κ2) is 8.42. The molecule has 1 atom stereocenters. The molecule has 1 aromatic heterocycles. The molecule has 2 aromatic rings. The number of hydrogen-bond acceptors (Lipinski definition) is 3. The normalized spacial score (nSPS) is 17.2. The molecule has 0 spiro atoms. The molecule has 3 rings (SSSR count). The number of nitrogens with one attached hydrogen (secondary N) is 1. The summed E-state index contributed by atoms with van der Waals surface area (Å²) in [5.74, 6) is -0.578. The number of amides is 1. The Labute approximate surface area is 151 Å². The van der Waals surface area contributed by atoms with Gasteiger partial charge in [0.2, 0.25) is 5.91 Å². The molecule has 0 bridgehead atoms. The van der Waals surface area contributed by atoms with Crippen LogP contribution >= 0.6 is 24.0 Å². The summed E-state index contributed by atoms with van der Waals surface area (Å²) in [5, 5.41) is 3.57. The first kappa shape index (κ1) is 18.6. The Bertz CT molecular complexity index is 679. The van der Waals surface area contributed by atoms with Crippen molar-refractivity contribution in [2.75, 3.05) is 19.6 Å². The van der Waals surface area contributed by atoms with Crippen molar-refractivity contribution in [2.24, 2.45) is 0 Å². The van der Waals surface area contributed by atoms with Gasteiger partial charge < -0.3 is 10.2 Å². The van der Waals surface area contributed by atoms with Gasteiger partial charge in [-0.1, -0.05) is 23.7 Å². The van der Waals surface area contributed by atoms with Gasteiger partial charge in [-0.2, -0.15) is 0 Å². The molecule has 2 heterocycles. The molecule has 0 saturated carbocycles.